The molecule has 29 heavy (non-hydrogen) atoms. The Morgan fingerprint density at radius 2 is 1.79 bits per heavy atom. The fourth-order valence-electron chi connectivity index (χ4n) is 2.49. The molecule has 0 aliphatic rings. The molecule has 1 N–H and O–H groups in total. The summed E-state index contributed by atoms with van der Waals surface area (Å²) in [6.07, 6.45) is -0.487. The van der Waals surface area contributed by atoms with Crippen LogP contribution in [0.1, 0.15) is 24.5 Å². The van der Waals surface area contributed by atoms with Crippen molar-refractivity contribution in [2.24, 2.45) is 0 Å². The van der Waals surface area contributed by atoms with E-state index in [-0.39, 0.29) is 11.4 Å². The molecule has 0 bridgehead atoms. The maximum Gasteiger partial charge on any atom is 0.306 e. The van der Waals surface area contributed by atoms with Crippen LogP contribution in [0.5, 0.6) is 11.5 Å². The Morgan fingerprint density at radius 1 is 1.14 bits per heavy atom. The van der Waals surface area contributed by atoms with Crippen molar-refractivity contribution >= 4 is 29.2 Å². The zero-order valence-corrected chi connectivity index (χ0v) is 17.1. The maximum atomic E-state index is 12.2. The maximum absolute atomic E-state index is 12.2. The van der Waals surface area contributed by atoms with Gasteiger partial charge in [0.25, 0.3) is 5.91 Å². The third kappa shape index (κ3) is 6.40. The van der Waals surface area contributed by atoms with Gasteiger partial charge in [0, 0.05) is 18.2 Å². The second-order valence-corrected chi connectivity index (χ2v) is 6.56. The highest BCUT2D eigenvalue weighted by molar-refractivity contribution is 6.32. The molecule has 0 spiro atoms. The van der Waals surface area contributed by atoms with E-state index < -0.39 is 18.0 Å². The van der Waals surface area contributed by atoms with Crippen LogP contribution in [0.25, 0.3) is 0 Å². The predicted octanol–water partition coefficient (Wildman–Crippen LogP) is 3.73. The summed E-state index contributed by atoms with van der Waals surface area (Å²) in [5, 5.41) is 11.7. The highest BCUT2D eigenvalue weighted by Crippen LogP contribution is 2.23. The van der Waals surface area contributed by atoms with Gasteiger partial charge in [-0.15, -0.1) is 0 Å². The Balaban J connectivity index is 1.89. The highest BCUT2D eigenvalue weighted by atomic mass is 35.5. The van der Waals surface area contributed by atoms with Crippen LogP contribution in [-0.2, 0) is 20.7 Å². The summed E-state index contributed by atoms with van der Waals surface area (Å²) in [5.41, 5.74) is 1.56. The number of rotatable bonds is 8. The van der Waals surface area contributed by atoms with Crippen LogP contribution in [0, 0.1) is 11.3 Å². The van der Waals surface area contributed by atoms with Gasteiger partial charge in [-0.1, -0.05) is 11.6 Å². The Morgan fingerprint density at radius 3 is 2.34 bits per heavy atom. The number of amides is 1. The van der Waals surface area contributed by atoms with E-state index in [1.165, 1.54) is 19.1 Å². The topological polar surface area (TPSA) is 97.6 Å². The van der Waals surface area contributed by atoms with Gasteiger partial charge in [0.1, 0.15) is 17.6 Å². The van der Waals surface area contributed by atoms with Crippen LogP contribution < -0.4 is 14.8 Å². The van der Waals surface area contributed by atoms with E-state index in [4.69, 9.17) is 31.1 Å². The molecule has 152 valence electrons. The number of hydrogen-bond donors (Lipinski definition) is 1. The number of nitrogens with zero attached hydrogens (tertiary/aromatic N) is 1. The molecular weight excluding hydrogens is 396 g/mol. The van der Waals surface area contributed by atoms with Crippen LogP contribution in [0.3, 0.4) is 0 Å². The van der Waals surface area contributed by atoms with Gasteiger partial charge in [-0.2, -0.15) is 5.26 Å². The number of benzene rings is 2. The summed E-state index contributed by atoms with van der Waals surface area (Å²) in [5.74, 6) is 0.248. The number of hydrogen-bond acceptors (Lipinski definition) is 6. The number of esters is 1. The van der Waals surface area contributed by atoms with Crippen molar-refractivity contribution in [3.8, 4) is 17.6 Å². The van der Waals surface area contributed by atoms with E-state index >= 15 is 0 Å². The number of ether oxygens (including phenoxy) is 3. The summed E-state index contributed by atoms with van der Waals surface area (Å²) in [7, 11) is 3.10. The smallest absolute Gasteiger partial charge is 0.306 e. The quantitative estimate of drug-likeness (QED) is 0.658. The van der Waals surface area contributed by atoms with Crippen LogP contribution in [0.2, 0.25) is 5.02 Å². The molecule has 0 saturated carbocycles. The molecule has 0 heterocycles. The van der Waals surface area contributed by atoms with Gasteiger partial charge in [-0.3, -0.25) is 9.59 Å². The van der Waals surface area contributed by atoms with Crippen molar-refractivity contribution in [3.63, 3.8) is 0 Å². The summed E-state index contributed by atoms with van der Waals surface area (Å²) in [4.78, 5) is 24.3. The number of methoxy groups -OCH3 is 2. The monoisotopic (exact) mass is 416 g/mol. The third-order valence-corrected chi connectivity index (χ3v) is 4.38. The largest absolute Gasteiger partial charge is 0.497 e. The van der Waals surface area contributed by atoms with Crippen molar-refractivity contribution in [3.05, 3.63) is 52.5 Å². The lowest BCUT2D eigenvalue weighted by atomic mass is 10.1. The highest BCUT2D eigenvalue weighted by Gasteiger charge is 2.18. The second-order valence-electron chi connectivity index (χ2n) is 6.15. The minimum Gasteiger partial charge on any atom is -0.497 e. The molecule has 2 aromatic carbocycles. The molecule has 8 heteroatoms. The lowest BCUT2D eigenvalue weighted by molar-refractivity contribution is -0.153. The average molecular weight is 417 g/mol. The lowest BCUT2D eigenvalue weighted by Gasteiger charge is -2.14. The summed E-state index contributed by atoms with van der Waals surface area (Å²) in [6, 6.07) is 11.8. The molecule has 1 amide bonds. The molecule has 0 saturated heterocycles. The fraction of sp³-hybridized carbons (Fsp3) is 0.286. The van der Waals surface area contributed by atoms with E-state index in [1.807, 2.05) is 6.07 Å². The summed E-state index contributed by atoms with van der Waals surface area (Å²) in [6.45, 7) is 1.48. The minimum absolute atomic E-state index is 0.0939. The van der Waals surface area contributed by atoms with Crippen LogP contribution in [-0.4, -0.2) is 32.2 Å². The zero-order valence-electron chi connectivity index (χ0n) is 16.3. The molecule has 0 aliphatic carbocycles. The number of nitriles is 1. The molecule has 0 unspecified atom stereocenters. The standard InChI is InChI=1S/C21H21ClN2O5/c1-13(21(26)24-16-6-5-15(12-23)19(22)10-16)29-20(25)7-4-14-8-17(27-2)11-18(9-14)28-3/h5-6,8-11,13H,4,7H2,1-3H3,(H,24,26)/t13-/m0/s1. The molecule has 1 atom stereocenters. The summed E-state index contributed by atoms with van der Waals surface area (Å²) >= 11 is 5.94. The van der Waals surface area contributed by atoms with Crippen molar-refractivity contribution in [2.75, 3.05) is 19.5 Å². The van der Waals surface area contributed by atoms with Gasteiger partial charge in [-0.25, -0.2) is 0 Å². The molecule has 0 fully saturated rings. The van der Waals surface area contributed by atoms with E-state index in [1.54, 1.807) is 38.5 Å². The van der Waals surface area contributed by atoms with E-state index in [2.05, 4.69) is 5.32 Å². The molecule has 2 aromatic rings. The third-order valence-electron chi connectivity index (χ3n) is 4.06. The Kier molecular flexibility index (Phi) is 7.87. The number of anilines is 1. The van der Waals surface area contributed by atoms with Gasteiger partial charge in [0.15, 0.2) is 6.10 Å². The number of carbonyl (C=O) groups is 2. The average Bonchev–Trinajstić information content (AvgIpc) is 2.72. The van der Waals surface area contributed by atoms with Crippen LogP contribution >= 0.6 is 11.6 Å². The van der Waals surface area contributed by atoms with Crippen molar-refractivity contribution in [1.29, 1.82) is 5.26 Å². The number of nitrogens with one attached hydrogen (secondary N) is 1. The molecule has 7 nitrogen and oxygen atoms in total. The first-order valence-corrected chi connectivity index (χ1v) is 9.16. The first-order valence-electron chi connectivity index (χ1n) is 8.78. The first kappa shape index (κ1) is 22.1. The Bertz CT molecular complexity index is 917. The van der Waals surface area contributed by atoms with Crippen LogP contribution in [0.15, 0.2) is 36.4 Å². The second kappa shape index (κ2) is 10.3. The molecule has 0 radical (unpaired) electrons. The van der Waals surface area contributed by atoms with Crippen molar-refractivity contribution in [2.45, 2.75) is 25.9 Å². The lowest BCUT2D eigenvalue weighted by Crippen LogP contribution is -2.30. The zero-order chi connectivity index (χ0) is 21.4. The normalized spacial score (nSPS) is 11.1. The number of carbonyl (C=O) groups excluding carboxylic acids is 2. The summed E-state index contributed by atoms with van der Waals surface area (Å²) < 4.78 is 15.6. The van der Waals surface area contributed by atoms with Gasteiger partial charge in [0.05, 0.1) is 24.8 Å². The van der Waals surface area contributed by atoms with Crippen molar-refractivity contribution in [1.82, 2.24) is 0 Å². The molecular formula is C21H21ClN2O5. The first-order chi connectivity index (χ1) is 13.9. The van der Waals surface area contributed by atoms with Crippen molar-refractivity contribution < 1.29 is 23.8 Å². The van der Waals surface area contributed by atoms with E-state index in [9.17, 15) is 9.59 Å². The van der Waals surface area contributed by atoms with Gasteiger partial charge in [0.2, 0.25) is 0 Å². The van der Waals surface area contributed by atoms with Gasteiger partial charge < -0.3 is 19.5 Å². The van der Waals surface area contributed by atoms with E-state index in [0.717, 1.165) is 5.56 Å². The van der Waals surface area contributed by atoms with Crippen LogP contribution in [0.4, 0.5) is 5.69 Å². The predicted molar refractivity (Wildman–Crippen MR) is 108 cm³/mol. The number of aryl methyl sites for hydroxylation is 1. The van der Waals surface area contributed by atoms with Gasteiger partial charge >= 0.3 is 5.97 Å². The van der Waals surface area contributed by atoms with Gasteiger partial charge in [-0.05, 0) is 49.2 Å². The molecule has 0 aliphatic heterocycles. The Labute approximate surface area is 174 Å². The minimum atomic E-state index is -0.989. The SMILES string of the molecule is COc1cc(CCC(=O)O[C@@H](C)C(=O)Nc2ccc(C#N)c(Cl)c2)cc(OC)c1. The number of halogens is 1. The fourth-order valence-corrected chi connectivity index (χ4v) is 2.72. The Hall–Kier alpha value is -3.24. The molecule has 2 rings (SSSR count). The molecule has 0 aromatic heterocycles. The van der Waals surface area contributed by atoms with E-state index in [0.29, 0.717) is 29.2 Å².